The Labute approximate surface area is 198 Å². The number of nitrogens with two attached hydrogens (primary N) is 4. The molecule has 14 nitrogen and oxygen atoms in total. The van der Waals surface area contributed by atoms with Crippen molar-refractivity contribution in [1.82, 2.24) is 16.0 Å². The first-order chi connectivity index (χ1) is 15.8. The predicted octanol–water partition coefficient (Wildman–Crippen LogP) is -2.76. The molecule has 0 radical (unpaired) electrons. The third kappa shape index (κ3) is 12.0. The highest BCUT2D eigenvalue weighted by Crippen LogP contribution is 2.07. The van der Waals surface area contributed by atoms with Crippen LogP contribution in [-0.2, 0) is 24.0 Å². The average Bonchev–Trinajstić information content (AvgIpc) is 2.76. The van der Waals surface area contributed by atoms with Gasteiger partial charge in [-0.3, -0.25) is 24.2 Å². The molecule has 12 N–H and O–H groups in total. The van der Waals surface area contributed by atoms with E-state index in [4.69, 9.17) is 22.9 Å². The second-order valence-corrected chi connectivity index (χ2v) is 8.06. The Kier molecular flexibility index (Phi) is 13.9. The molecule has 5 atom stereocenters. The van der Waals surface area contributed by atoms with E-state index in [1.54, 1.807) is 0 Å². The van der Waals surface area contributed by atoms with E-state index in [2.05, 4.69) is 20.9 Å². The summed E-state index contributed by atoms with van der Waals surface area (Å²) in [6.45, 7) is 5.26. The molecule has 0 aromatic carbocycles. The first-order valence-electron chi connectivity index (χ1n) is 11.0. The van der Waals surface area contributed by atoms with Crippen LogP contribution in [0.4, 0.5) is 0 Å². The van der Waals surface area contributed by atoms with Gasteiger partial charge in [-0.25, -0.2) is 4.79 Å². The lowest BCUT2D eigenvalue weighted by atomic mass is 9.98. The molecule has 0 aromatic rings. The monoisotopic (exact) mass is 486 g/mol. The summed E-state index contributed by atoms with van der Waals surface area (Å²) < 4.78 is 0. The van der Waals surface area contributed by atoms with Crippen LogP contribution in [0.2, 0.25) is 0 Å². The Morgan fingerprint density at radius 3 is 1.97 bits per heavy atom. The van der Waals surface area contributed by atoms with Gasteiger partial charge in [-0.05, 0) is 32.1 Å². The van der Waals surface area contributed by atoms with Crippen LogP contribution in [0, 0.1) is 5.92 Å². The molecule has 4 amide bonds. The van der Waals surface area contributed by atoms with E-state index >= 15 is 0 Å². The van der Waals surface area contributed by atoms with Crippen molar-refractivity contribution in [2.45, 2.75) is 77.0 Å². The molecule has 0 aliphatic heterocycles. The Balaban J connectivity index is 5.23. The van der Waals surface area contributed by atoms with Gasteiger partial charge in [-0.2, -0.15) is 0 Å². The number of aliphatic imine (C=N–C) groups is 1. The fourth-order valence-corrected chi connectivity index (χ4v) is 2.77. The summed E-state index contributed by atoms with van der Waals surface area (Å²) in [5.74, 6) is -4.27. The lowest BCUT2D eigenvalue weighted by molar-refractivity contribution is -0.142. The first kappa shape index (κ1) is 30.6. The van der Waals surface area contributed by atoms with E-state index < -0.39 is 53.8 Å². The minimum Gasteiger partial charge on any atom is -0.480 e. The third-order valence-electron chi connectivity index (χ3n) is 5.18. The number of carbonyl (C=O) groups excluding carboxylic acids is 4. The molecule has 0 aliphatic rings. The van der Waals surface area contributed by atoms with Gasteiger partial charge in [0.25, 0.3) is 0 Å². The van der Waals surface area contributed by atoms with Crippen molar-refractivity contribution < 1.29 is 29.1 Å². The van der Waals surface area contributed by atoms with Gasteiger partial charge in [0.15, 0.2) is 5.96 Å². The lowest BCUT2D eigenvalue weighted by Crippen LogP contribution is -2.57. The Hall–Kier alpha value is -3.42. The van der Waals surface area contributed by atoms with Crippen molar-refractivity contribution in [3.8, 4) is 0 Å². The van der Waals surface area contributed by atoms with E-state index in [0.29, 0.717) is 12.8 Å². The topological polar surface area (TPSA) is 258 Å². The fraction of sp³-hybridized carbons (Fsp3) is 0.700. The van der Waals surface area contributed by atoms with E-state index in [9.17, 15) is 29.1 Å². The predicted molar refractivity (Wildman–Crippen MR) is 125 cm³/mol. The number of carboxylic acid groups (broad SMARTS) is 1. The standard InChI is InChI=1S/C20H38N8O6/c1-4-10(2)15(22)18(32)27-12(6-5-9-25-20(23)24)17(31)26-11(3)16(30)28-13(19(33)34)7-8-14(21)29/h10-13,15H,4-9,22H2,1-3H3,(H2,21,29)(H,26,31)(H,27,32)(H,28,30)(H,33,34)(H4,23,24,25). The van der Waals surface area contributed by atoms with Crippen molar-refractivity contribution in [3.63, 3.8) is 0 Å². The van der Waals surface area contributed by atoms with Crippen molar-refractivity contribution in [3.05, 3.63) is 0 Å². The molecule has 0 spiro atoms. The van der Waals surface area contributed by atoms with Gasteiger partial charge in [0.05, 0.1) is 6.04 Å². The molecule has 0 saturated heterocycles. The zero-order valence-corrected chi connectivity index (χ0v) is 19.9. The molecule has 0 aliphatic carbocycles. The number of rotatable bonds is 16. The zero-order valence-electron chi connectivity index (χ0n) is 19.9. The van der Waals surface area contributed by atoms with Gasteiger partial charge in [-0.1, -0.05) is 20.3 Å². The lowest BCUT2D eigenvalue weighted by Gasteiger charge is -2.24. The van der Waals surface area contributed by atoms with E-state index in [0.717, 1.165) is 0 Å². The SMILES string of the molecule is CCC(C)C(N)C(=O)NC(CCCN=C(N)N)C(=O)NC(C)C(=O)NC(CCC(N)=O)C(=O)O. The number of nitrogens with zero attached hydrogens (tertiary/aromatic N) is 1. The van der Waals surface area contributed by atoms with Crippen molar-refractivity contribution >= 4 is 35.6 Å². The number of hydrogen-bond donors (Lipinski definition) is 8. The number of amides is 4. The summed E-state index contributed by atoms with van der Waals surface area (Å²) in [5, 5.41) is 16.5. The first-order valence-corrected chi connectivity index (χ1v) is 11.0. The van der Waals surface area contributed by atoms with Gasteiger partial charge >= 0.3 is 5.97 Å². The highest BCUT2D eigenvalue weighted by atomic mass is 16.4. The molecular formula is C20H38N8O6. The molecule has 34 heavy (non-hydrogen) atoms. The van der Waals surface area contributed by atoms with Crippen LogP contribution in [0.3, 0.4) is 0 Å². The zero-order chi connectivity index (χ0) is 26.4. The van der Waals surface area contributed by atoms with Crippen molar-refractivity contribution in [2.75, 3.05) is 6.54 Å². The Morgan fingerprint density at radius 2 is 1.47 bits per heavy atom. The number of carboxylic acids is 1. The largest absolute Gasteiger partial charge is 0.480 e. The van der Waals surface area contributed by atoms with Gasteiger partial charge in [0, 0.05) is 13.0 Å². The van der Waals surface area contributed by atoms with Crippen LogP contribution in [-0.4, -0.2) is 71.4 Å². The maximum Gasteiger partial charge on any atom is 0.326 e. The molecule has 0 heterocycles. The summed E-state index contributed by atoms with van der Waals surface area (Å²) >= 11 is 0. The highest BCUT2D eigenvalue weighted by molar-refractivity contribution is 5.94. The smallest absolute Gasteiger partial charge is 0.326 e. The quantitative estimate of drug-likeness (QED) is 0.0637. The minimum absolute atomic E-state index is 0.113. The Bertz CT molecular complexity index is 755. The van der Waals surface area contributed by atoms with Gasteiger partial charge in [-0.15, -0.1) is 0 Å². The van der Waals surface area contributed by atoms with Gasteiger partial charge < -0.3 is 44.0 Å². The summed E-state index contributed by atoms with van der Waals surface area (Å²) in [6, 6.07) is -4.36. The molecule has 0 saturated carbocycles. The number of carbonyl (C=O) groups is 5. The summed E-state index contributed by atoms with van der Waals surface area (Å²) in [6.07, 6.45) is 0.732. The van der Waals surface area contributed by atoms with E-state index in [-0.39, 0.29) is 37.7 Å². The van der Waals surface area contributed by atoms with Crippen molar-refractivity contribution in [1.29, 1.82) is 0 Å². The van der Waals surface area contributed by atoms with E-state index in [1.165, 1.54) is 6.92 Å². The number of primary amides is 1. The third-order valence-corrected chi connectivity index (χ3v) is 5.18. The van der Waals surface area contributed by atoms with Crippen LogP contribution >= 0.6 is 0 Å². The van der Waals surface area contributed by atoms with Crippen LogP contribution < -0.4 is 38.9 Å². The summed E-state index contributed by atoms with van der Waals surface area (Å²) in [5.41, 5.74) is 21.5. The summed E-state index contributed by atoms with van der Waals surface area (Å²) in [4.78, 5) is 63.8. The molecule has 0 aromatic heterocycles. The number of hydrogen-bond acceptors (Lipinski definition) is 7. The highest BCUT2D eigenvalue weighted by Gasteiger charge is 2.29. The van der Waals surface area contributed by atoms with Crippen LogP contribution in [0.15, 0.2) is 4.99 Å². The second kappa shape index (κ2) is 15.4. The summed E-state index contributed by atoms with van der Waals surface area (Å²) in [7, 11) is 0. The molecular weight excluding hydrogens is 448 g/mol. The fourth-order valence-electron chi connectivity index (χ4n) is 2.77. The van der Waals surface area contributed by atoms with Gasteiger partial charge in [0.2, 0.25) is 23.6 Å². The van der Waals surface area contributed by atoms with Crippen LogP contribution in [0.5, 0.6) is 0 Å². The van der Waals surface area contributed by atoms with Crippen LogP contribution in [0.25, 0.3) is 0 Å². The maximum absolute atomic E-state index is 12.8. The number of guanidine groups is 1. The number of nitrogens with one attached hydrogen (secondary N) is 3. The van der Waals surface area contributed by atoms with Crippen LogP contribution in [0.1, 0.15) is 52.9 Å². The molecule has 0 fully saturated rings. The minimum atomic E-state index is -1.36. The Morgan fingerprint density at radius 1 is 0.882 bits per heavy atom. The second-order valence-electron chi connectivity index (χ2n) is 8.06. The maximum atomic E-state index is 12.8. The molecule has 14 heteroatoms. The average molecular weight is 487 g/mol. The molecule has 194 valence electrons. The molecule has 5 unspecified atom stereocenters. The van der Waals surface area contributed by atoms with Gasteiger partial charge in [0.1, 0.15) is 18.1 Å². The van der Waals surface area contributed by atoms with Crippen molar-refractivity contribution in [2.24, 2.45) is 33.8 Å². The molecule has 0 bridgehead atoms. The van der Waals surface area contributed by atoms with E-state index in [1.807, 2.05) is 13.8 Å². The molecule has 0 rings (SSSR count). The normalized spacial score (nSPS) is 15.1. The number of aliphatic carboxylic acids is 1.